The molecule has 0 saturated heterocycles. The first-order chi connectivity index (χ1) is 9.47. The number of H-pyrrole nitrogens is 1. The predicted molar refractivity (Wildman–Crippen MR) is 83.0 cm³/mol. The van der Waals surface area contributed by atoms with Gasteiger partial charge in [-0.05, 0) is 67.9 Å². The minimum absolute atomic E-state index is 0.175. The number of fused-ring (bicyclic) bond motifs is 1. The maximum absolute atomic E-state index is 13.7. The minimum atomic E-state index is -0.175. The van der Waals surface area contributed by atoms with E-state index in [9.17, 15) is 4.39 Å². The molecule has 1 aromatic carbocycles. The zero-order valence-corrected chi connectivity index (χ0v) is 13.1. The van der Waals surface area contributed by atoms with Crippen molar-refractivity contribution in [3.05, 3.63) is 28.3 Å². The molecule has 1 saturated carbocycles. The lowest BCUT2D eigenvalue weighted by Gasteiger charge is -2.33. The Morgan fingerprint density at radius 1 is 1.30 bits per heavy atom. The molecule has 0 aliphatic heterocycles. The van der Waals surface area contributed by atoms with Crippen molar-refractivity contribution < 1.29 is 4.39 Å². The van der Waals surface area contributed by atoms with E-state index < -0.39 is 0 Å². The molecule has 3 rings (SSSR count). The summed E-state index contributed by atoms with van der Waals surface area (Å²) in [6.45, 7) is 6.43. The van der Waals surface area contributed by atoms with Crippen molar-refractivity contribution in [1.29, 1.82) is 0 Å². The van der Waals surface area contributed by atoms with Gasteiger partial charge in [-0.2, -0.15) is 0 Å². The second-order valence-corrected chi connectivity index (χ2v) is 6.77. The Morgan fingerprint density at radius 2 is 2.05 bits per heavy atom. The van der Waals surface area contributed by atoms with E-state index in [0.717, 1.165) is 28.1 Å². The van der Waals surface area contributed by atoms with Crippen molar-refractivity contribution >= 4 is 23.3 Å². The summed E-state index contributed by atoms with van der Waals surface area (Å²) in [4.78, 5) is 3.16. The molecule has 20 heavy (non-hydrogen) atoms. The number of nitrogens with zero attached hydrogens (tertiary/aromatic N) is 1. The van der Waals surface area contributed by atoms with Crippen molar-refractivity contribution in [2.75, 3.05) is 0 Å². The zero-order valence-electron chi connectivity index (χ0n) is 12.2. The molecule has 3 atom stereocenters. The third-order valence-electron chi connectivity index (χ3n) is 4.71. The number of halogens is 1. The van der Waals surface area contributed by atoms with Gasteiger partial charge in [0.2, 0.25) is 0 Å². The maximum Gasteiger partial charge on any atom is 0.178 e. The van der Waals surface area contributed by atoms with Crippen molar-refractivity contribution in [1.82, 2.24) is 9.55 Å². The SMILES string of the molecule is Cc1cc2c(cc1F)[nH]c(=S)n2C1CCC(C)CC1C. The summed E-state index contributed by atoms with van der Waals surface area (Å²) in [6.07, 6.45) is 3.63. The fourth-order valence-electron chi connectivity index (χ4n) is 3.61. The van der Waals surface area contributed by atoms with Gasteiger partial charge < -0.3 is 9.55 Å². The monoisotopic (exact) mass is 292 g/mol. The van der Waals surface area contributed by atoms with Crippen LogP contribution in [0.15, 0.2) is 12.1 Å². The fraction of sp³-hybridized carbons (Fsp3) is 0.562. The van der Waals surface area contributed by atoms with Crippen molar-refractivity contribution in [2.24, 2.45) is 11.8 Å². The Bertz CT molecular complexity index is 700. The molecule has 1 aliphatic rings. The number of nitrogens with one attached hydrogen (secondary N) is 1. The second-order valence-electron chi connectivity index (χ2n) is 6.38. The van der Waals surface area contributed by atoms with Gasteiger partial charge in [-0.3, -0.25) is 0 Å². The average molecular weight is 292 g/mol. The number of aromatic nitrogens is 2. The van der Waals surface area contributed by atoms with Gasteiger partial charge in [0.05, 0.1) is 11.0 Å². The Morgan fingerprint density at radius 3 is 2.75 bits per heavy atom. The number of aryl methyl sites for hydroxylation is 1. The third-order valence-corrected chi connectivity index (χ3v) is 5.01. The Hall–Kier alpha value is -1.16. The number of imidazole rings is 1. The lowest BCUT2D eigenvalue weighted by Crippen LogP contribution is -2.24. The maximum atomic E-state index is 13.7. The summed E-state index contributed by atoms with van der Waals surface area (Å²) < 4.78 is 16.6. The highest BCUT2D eigenvalue weighted by atomic mass is 32.1. The standard InChI is InChI=1S/C16H21FN2S/c1-9-4-5-14(11(3)6-9)19-15-7-10(2)12(17)8-13(15)18-16(19)20/h7-9,11,14H,4-6H2,1-3H3,(H,18,20). The molecule has 0 spiro atoms. The molecule has 1 fully saturated rings. The number of aromatic amines is 1. The van der Waals surface area contributed by atoms with Crippen LogP contribution in [0.3, 0.4) is 0 Å². The van der Waals surface area contributed by atoms with E-state index in [2.05, 4.69) is 23.4 Å². The fourth-order valence-corrected chi connectivity index (χ4v) is 3.96. The number of rotatable bonds is 1. The van der Waals surface area contributed by atoms with E-state index in [1.807, 2.05) is 13.0 Å². The summed E-state index contributed by atoms with van der Waals surface area (Å²) in [5, 5.41) is 0. The van der Waals surface area contributed by atoms with Gasteiger partial charge in [0.15, 0.2) is 4.77 Å². The molecule has 108 valence electrons. The van der Waals surface area contributed by atoms with Gasteiger partial charge >= 0.3 is 0 Å². The first-order valence-electron chi connectivity index (χ1n) is 7.37. The van der Waals surface area contributed by atoms with Crippen LogP contribution in [0.25, 0.3) is 11.0 Å². The number of benzene rings is 1. The van der Waals surface area contributed by atoms with E-state index in [0.29, 0.717) is 17.5 Å². The lowest BCUT2D eigenvalue weighted by atomic mass is 9.79. The molecule has 1 heterocycles. The summed E-state index contributed by atoms with van der Waals surface area (Å²) in [5.74, 6) is 1.22. The first-order valence-corrected chi connectivity index (χ1v) is 7.78. The Balaban J connectivity index is 2.13. The topological polar surface area (TPSA) is 20.7 Å². The molecule has 2 aromatic rings. The molecule has 1 aliphatic carbocycles. The van der Waals surface area contributed by atoms with Gasteiger partial charge in [-0.25, -0.2) is 4.39 Å². The third kappa shape index (κ3) is 2.20. The molecule has 1 N–H and O–H groups in total. The van der Waals surface area contributed by atoms with Gasteiger partial charge in [0.25, 0.3) is 0 Å². The van der Waals surface area contributed by atoms with Gasteiger partial charge in [0.1, 0.15) is 5.82 Å². The average Bonchev–Trinajstić information content (AvgIpc) is 2.66. The van der Waals surface area contributed by atoms with Crippen molar-refractivity contribution in [3.63, 3.8) is 0 Å². The molecule has 3 unspecified atom stereocenters. The van der Waals surface area contributed by atoms with E-state index in [1.54, 1.807) is 6.07 Å². The largest absolute Gasteiger partial charge is 0.330 e. The van der Waals surface area contributed by atoms with Crippen LogP contribution in [-0.4, -0.2) is 9.55 Å². The molecule has 4 heteroatoms. The summed E-state index contributed by atoms with van der Waals surface area (Å²) >= 11 is 5.49. The van der Waals surface area contributed by atoms with Gasteiger partial charge in [0, 0.05) is 6.04 Å². The Kier molecular flexibility index (Phi) is 3.44. The Labute approximate surface area is 124 Å². The van der Waals surface area contributed by atoms with Crippen LogP contribution in [0.1, 0.15) is 44.7 Å². The molecule has 2 nitrogen and oxygen atoms in total. The van der Waals surface area contributed by atoms with Crippen molar-refractivity contribution in [3.8, 4) is 0 Å². The quantitative estimate of drug-likeness (QED) is 0.721. The molecule has 1 aromatic heterocycles. The van der Waals surface area contributed by atoms with Crippen LogP contribution in [-0.2, 0) is 0 Å². The zero-order chi connectivity index (χ0) is 14.4. The smallest absolute Gasteiger partial charge is 0.178 e. The van der Waals surface area contributed by atoms with E-state index in [-0.39, 0.29) is 5.82 Å². The van der Waals surface area contributed by atoms with Crippen LogP contribution < -0.4 is 0 Å². The highest BCUT2D eigenvalue weighted by molar-refractivity contribution is 7.71. The van der Waals surface area contributed by atoms with Gasteiger partial charge in [-0.1, -0.05) is 13.8 Å². The van der Waals surface area contributed by atoms with E-state index in [4.69, 9.17) is 12.2 Å². The van der Waals surface area contributed by atoms with Crippen LogP contribution in [0.2, 0.25) is 0 Å². The highest BCUT2D eigenvalue weighted by Gasteiger charge is 2.28. The number of hydrogen-bond donors (Lipinski definition) is 1. The van der Waals surface area contributed by atoms with Crippen LogP contribution in [0.4, 0.5) is 4.39 Å². The lowest BCUT2D eigenvalue weighted by molar-refractivity contribution is 0.210. The van der Waals surface area contributed by atoms with Crippen molar-refractivity contribution in [2.45, 2.75) is 46.1 Å². The normalized spacial score (nSPS) is 27.1. The van der Waals surface area contributed by atoms with Crippen LogP contribution in [0, 0.1) is 29.3 Å². The summed E-state index contributed by atoms with van der Waals surface area (Å²) in [6, 6.07) is 3.91. The number of hydrogen-bond acceptors (Lipinski definition) is 1. The predicted octanol–water partition coefficient (Wildman–Crippen LogP) is 5.14. The van der Waals surface area contributed by atoms with E-state index in [1.165, 1.54) is 12.8 Å². The van der Waals surface area contributed by atoms with E-state index >= 15 is 0 Å². The molecule has 0 amide bonds. The molecule has 0 radical (unpaired) electrons. The van der Waals surface area contributed by atoms with Gasteiger partial charge in [-0.15, -0.1) is 0 Å². The first kappa shape index (κ1) is 13.8. The molecular weight excluding hydrogens is 271 g/mol. The molecular formula is C16H21FN2S. The van der Waals surface area contributed by atoms with Crippen LogP contribution >= 0.6 is 12.2 Å². The summed E-state index contributed by atoms with van der Waals surface area (Å²) in [7, 11) is 0. The molecule has 0 bridgehead atoms. The highest BCUT2D eigenvalue weighted by Crippen LogP contribution is 2.38. The minimum Gasteiger partial charge on any atom is -0.330 e. The van der Waals surface area contributed by atoms with Crippen LogP contribution in [0.5, 0.6) is 0 Å². The second kappa shape index (κ2) is 4.99. The summed E-state index contributed by atoms with van der Waals surface area (Å²) in [5.41, 5.74) is 2.53.